The standard InChI is InChI=1S/C21H19NO2S/c1-16-9-11-17(12-10-16)24-13-5-6-14-25-20-15-21(23)22(2)19-8-4-3-7-18(19)20/h3-4,7-12,15H,13-14H2,1-2H3. The number of fused-ring (bicyclic) bond motifs is 1. The number of aryl methyl sites for hydroxylation is 2. The van der Waals surface area contributed by atoms with E-state index in [4.69, 9.17) is 4.74 Å². The Kier molecular flexibility index (Phi) is 5.47. The predicted octanol–water partition coefficient (Wildman–Crippen LogP) is 4.02. The lowest BCUT2D eigenvalue weighted by Crippen LogP contribution is -2.16. The van der Waals surface area contributed by atoms with Gasteiger partial charge in [0, 0.05) is 23.4 Å². The van der Waals surface area contributed by atoms with Crippen molar-refractivity contribution in [2.75, 3.05) is 12.4 Å². The number of thioether (sulfide) groups is 1. The van der Waals surface area contributed by atoms with Crippen molar-refractivity contribution >= 4 is 22.7 Å². The minimum absolute atomic E-state index is 0.00290. The van der Waals surface area contributed by atoms with Gasteiger partial charge in [0.05, 0.1) is 11.3 Å². The third kappa shape index (κ3) is 4.26. The van der Waals surface area contributed by atoms with Crippen molar-refractivity contribution in [1.29, 1.82) is 0 Å². The second-order valence-corrected chi connectivity index (χ2v) is 6.68. The van der Waals surface area contributed by atoms with Gasteiger partial charge >= 0.3 is 0 Å². The number of ether oxygens (including phenoxy) is 1. The highest BCUT2D eigenvalue weighted by Gasteiger charge is 2.05. The molecule has 0 amide bonds. The molecule has 0 N–H and O–H groups in total. The quantitative estimate of drug-likeness (QED) is 0.526. The Balaban J connectivity index is 1.61. The number of pyridine rings is 1. The Hall–Kier alpha value is -2.64. The zero-order valence-corrected chi connectivity index (χ0v) is 15.1. The molecule has 0 fully saturated rings. The highest BCUT2D eigenvalue weighted by atomic mass is 32.2. The second-order valence-electron chi connectivity index (χ2n) is 5.67. The van der Waals surface area contributed by atoms with Gasteiger partial charge in [-0.25, -0.2) is 0 Å². The van der Waals surface area contributed by atoms with Crippen molar-refractivity contribution in [2.24, 2.45) is 7.05 Å². The third-order valence-electron chi connectivity index (χ3n) is 3.87. The van der Waals surface area contributed by atoms with Crippen molar-refractivity contribution in [3.63, 3.8) is 0 Å². The van der Waals surface area contributed by atoms with Crippen molar-refractivity contribution < 1.29 is 4.74 Å². The van der Waals surface area contributed by atoms with Crippen LogP contribution in [0, 0.1) is 18.8 Å². The molecule has 0 unspecified atom stereocenters. The summed E-state index contributed by atoms with van der Waals surface area (Å²) in [7, 11) is 1.79. The van der Waals surface area contributed by atoms with Crippen molar-refractivity contribution in [2.45, 2.75) is 11.8 Å². The number of nitrogens with zero attached hydrogens (tertiary/aromatic N) is 1. The first-order chi connectivity index (χ1) is 12.1. The molecule has 1 aromatic heterocycles. The van der Waals surface area contributed by atoms with E-state index in [0.717, 1.165) is 21.5 Å². The maximum absolute atomic E-state index is 12.1. The molecule has 0 aliphatic carbocycles. The molecule has 0 spiro atoms. The van der Waals surface area contributed by atoms with E-state index in [-0.39, 0.29) is 5.56 Å². The number of rotatable bonds is 4. The molecule has 4 heteroatoms. The maximum Gasteiger partial charge on any atom is 0.251 e. The molecule has 0 radical (unpaired) electrons. The predicted molar refractivity (Wildman–Crippen MR) is 104 cm³/mol. The van der Waals surface area contributed by atoms with E-state index in [0.29, 0.717) is 12.4 Å². The maximum atomic E-state index is 12.1. The molecule has 2 aromatic carbocycles. The summed E-state index contributed by atoms with van der Waals surface area (Å²) in [5.74, 6) is 7.55. The smallest absolute Gasteiger partial charge is 0.251 e. The molecule has 3 rings (SSSR count). The Morgan fingerprint density at radius 3 is 2.64 bits per heavy atom. The number of hydrogen-bond donors (Lipinski definition) is 0. The minimum Gasteiger partial charge on any atom is -0.481 e. The normalized spacial score (nSPS) is 10.3. The van der Waals surface area contributed by atoms with E-state index in [1.165, 1.54) is 5.56 Å². The van der Waals surface area contributed by atoms with Crippen LogP contribution in [0.2, 0.25) is 0 Å². The summed E-state index contributed by atoms with van der Waals surface area (Å²) < 4.78 is 7.25. The van der Waals surface area contributed by atoms with Crippen LogP contribution in [-0.2, 0) is 7.05 Å². The summed E-state index contributed by atoms with van der Waals surface area (Å²) in [4.78, 5) is 13.0. The fourth-order valence-corrected chi connectivity index (χ4v) is 3.31. The van der Waals surface area contributed by atoms with E-state index in [9.17, 15) is 4.79 Å². The lowest BCUT2D eigenvalue weighted by molar-refractivity contribution is 0.370. The molecule has 0 aliphatic rings. The summed E-state index contributed by atoms with van der Waals surface area (Å²) in [6.45, 7) is 2.41. The largest absolute Gasteiger partial charge is 0.481 e. The van der Waals surface area contributed by atoms with Crippen LogP contribution >= 0.6 is 11.8 Å². The summed E-state index contributed by atoms with van der Waals surface area (Å²) in [5.41, 5.74) is 2.14. The van der Waals surface area contributed by atoms with Gasteiger partial charge < -0.3 is 9.30 Å². The molecule has 126 valence electrons. The van der Waals surface area contributed by atoms with Gasteiger partial charge in [0.15, 0.2) is 0 Å². The summed E-state index contributed by atoms with van der Waals surface area (Å²) in [6.07, 6.45) is 0. The van der Waals surface area contributed by atoms with Crippen LogP contribution in [0.15, 0.2) is 64.3 Å². The van der Waals surface area contributed by atoms with Crippen LogP contribution in [-0.4, -0.2) is 16.9 Å². The molecular weight excluding hydrogens is 330 g/mol. The lowest BCUT2D eigenvalue weighted by atomic mass is 10.2. The molecular formula is C21H19NO2S. The molecule has 0 atom stereocenters. The van der Waals surface area contributed by atoms with Crippen molar-refractivity contribution in [1.82, 2.24) is 4.57 Å². The van der Waals surface area contributed by atoms with Crippen LogP contribution in [0.5, 0.6) is 5.75 Å². The fourth-order valence-electron chi connectivity index (χ4n) is 2.47. The van der Waals surface area contributed by atoms with Gasteiger partial charge in [-0.05, 0) is 25.1 Å². The van der Waals surface area contributed by atoms with E-state index in [2.05, 4.69) is 11.8 Å². The van der Waals surface area contributed by atoms with Crippen LogP contribution in [0.1, 0.15) is 5.56 Å². The first-order valence-electron chi connectivity index (χ1n) is 8.02. The average Bonchev–Trinajstić information content (AvgIpc) is 2.63. The Labute approximate surface area is 151 Å². The monoisotopic (exact) mass is 349 g/mol. The van der Waals surface area contributed by atoms with Gasteiger partial charge in [-0.15, -0.1) is 11.8 Å². The fraction of sp³-hybridized carbons (Fsp3) is 0.190. The van der Waals surface area contributed by atoms with Gasteiger partial charge in [-0.3, -0.25) is 4.79 Å². The van der Waals surface area contributed by atoms with Gasteiger partial charge in [-0.1, -0.05) is 47.7 Å². The summed E-state index contributed by atoms with van der Waals surface area (Å²) in [6, 6.07) is 17.5. The van der Waals surface area contributed by atoms with Crippen molar-refractivity contribution in [3.05, 3.63) is 70.5 Å². The second kappa shape index (κ2) is 7.96. The lowest BCUT2D eigenvalue weighted by Gasteiger charge is -2.08. The topological polar surface area (TPSA) is 31.2 Å². The van der Waals surface area contributed by atoms with Gasteiger partial charge in [-0.2, -0.15) is 0 Å². The van der Waals surface area contributed by atoms with Crippen LogP contribution in [0.3, 0.4) is 0 Å². The van der Waals surface area contributed by atoms with Crippen LogP contribution < -0.4 is 10.3 Å². The zero-order valence-electron chi connectivity index (χ0n) is 14.3. The highest BCUT2D eigenvalue weighted by Crippen LogP contribution is 2.25. The first-order valence-corrected chi connectivity index (χ1v) is 9.00. The number of hydrogen-bond acceptors (Lipinski definition) is 3. The van der Waals surface area contributed by atoms with E-state index >= 15 is 0 Å². The zero-order chi connectivity index (χ0) is 17.6. The molecule has 0 saturated carbocycles. The van der Waals surface area contributed by atoms with Gasteiger partial charge in [0.1, 0.15) is 12.4 Å². The number of benzene rings is 2. The SMILES string of the molecule is Cc1ccc(OCC#CCSc2cc(=O)n(C)c3ccccc23)cc1. The molecule has 25 heavy (non-hydrogen) atoms. The molecule has 3 aromatic rings. The molecule has 1 heterocycles. The minimum atomic E-state index is -0.00290. The van der Waals surface area contributed by atoms with Crippen LogP contribution in [0.4, 0.5) is 0 Å². The van der Waals surface area contributed by atoms with E-state index in [1.807, 2.05) is 55.5 Å². The average molecular weight is 349 g/mol. The summed E-state index contributed by atoms with van der Waals surface area (Å²) in [5, 5.41) is 1.08. The first kappa shape index (κ1) is 17.2. The molecule has 0 saturated heterocycles. The van der Waals surface area contributed by atoms with Crippen LogP contribution in [0.25, 0.3) is 10.9 Å². The Morgan fingerprint density at radius 2 is 1.84 bits per heavy atom. The Bertz CT molecular complexity index is 994. The molecule has 0 aliphatic heterocycles. The summed E-state index contributed by atoms with van der Waals surface area (Å²) >= 11 is 1.58. The third-order valence-corrected chi connectivity index (χ3v) is 4.81. The highest BCUT2D eigenvalue weighted by molar-refractivity contribution is 7.99. The number of aromatic nitrogens is 1. The van der Waals surface area contributed by atoms with Crippen molar-refractivity contribution in [3.8, 4) is 17.6 Å². The van der Waals surface area contributed by atoms with E-state index < -0.39 is 0 Å². The van der Waals surface area contributed by atoms with Gasteiger partial charge in [0.25, 0.3) is 5.56 Å². The number of para-hydroxylation sites is 1. The Morgan fingerprint density at radius 1 is 1.08 bits per heavy atom. The molecule has 3 nitrogen and oxygen atoms in total. The van der Waals surface area contributed by atoms with Gasteiger partial charge in [0.2, 0.25) is 0 Å². The molecule has 0 bridgehead atoms. The van der Waals surface area contributed by atoms with E-state index in [1.54, 1.807) is 29.4 Å².